The molecule has 0 saturated heterocycles. The van der Waals surface area contributed by atoms with Crippen molar-refractivity contribution in [3.63, 3.8) is 0 Å². The molecule has 92 valence electrons. The molecule has 1 atom stereocenters. The van der Waals surface area contributed by atoms with Crippen LogP contribution in [0.15, 0.2) is 0 Å². The van der Waals surface area contributed by atoms with Crippen molar-refractivity contribution in [2.75, 3.05) is 25.7 Å². The number of hydrogen-bond donors (Lipinski definition) is 0. The summed E-state index contributed by atoms with van der Waals surface area (Å²) >= 11 is 5.81. The van der Waals surface area contributed by atoms with Crippen LogP contribution in [0.3, 0.4) is 0 Å². The van der Waals surface area contributed by atoms with Crippen LogP contribution in [0.5, 0.6) is 0 Å². The molecule has 0 aliphatic carbocycles. The van der Waals surface area contributed by atoms with Crippen molar-refractivity contribution in [2.45, 2.75) is 33.7 Å². The third kappa shape index (κ3) is 5.87. The molecular formula is C10H23ClO3Si. The molecule has 0 spiro atoms. The van der Waals surface area contributed by atoms with Crippen molar-refractivity contribution >= 4 is 20.4 Å². The Balaban J connectivity index is 4.44. The lowest BCUT2D eigenvalue weighted by Crippen LogP contribution is -2.47. The zero-order valence-electron chi connectivity index (χ0n) is 10.2. The Morgan fingerprint density at radius 1 is 1.00 bits per heavy atom. The molecule has 0 aromatic heterocycles. The summed E-state index contributed by atoms with van der Waals surface area (Å²) in [6, 6.07) is 0.798. The molecule has 0 aromatic carbocycles. The van der Waals surface area contributed by atoms with Crippen molar-refractivity contribution in [1.82, 2.24) is 0 Å². The van der Waals surface area contributed by atoms with E-state index in [-0.39, 0.29) is 0 Å². The van der Waals surface area contributed by atoms with Crippen molar-refractivity contribution < 1.29 is 13.3 Å². The average Bonchev–Trinajstić information content (AvgIpc) is 2.18. The van der Waals surface area contributed by atoms with Crippen molar-refractivity contribution in [2.24, 2.45) is 5.92 Å². The fraction of sp³-hybridized carbons (Fsp3) is 1.00. The van der Waals surface area contributed by atoms with E-state index >= 15 is 0 Å². The highest BCUT2D eigenvalue weighted by atomic mass is 35.5. The van der Waals surface area contributed by atoms with Gasteiger partial charge >= 0.3 is 8.80 Å². The van der Waals surface area contributed by atoms with Crippen LogP contribution in [0.1, 0.15) is 27.7 Å². The van der Waals surface area contributed by atoms with Gasteiger partial charge in [0.15, 0.2) is 0 Å². The quantitative estimate of drug-likeness (QED) is 0.468. The summed E-state index contributed by atoms with van der Waals surface area (Å²) in [6.07, 6.45) is 0. The van der Waals surface area contributed by atoms with E-state index in [1.165, 1.54) is 0 Å². The van der Waals surface area contributed by atoms with Gasteiger partial charge in [0.25, 0.3) is 0 Å². The van der Waals surface area contributed by atoms with E-state index in [0.29, 0.717) is 31.6 Å². The smallest absolute Gasteiger partial charge is 0.374 e. The molecule has 0 bridgehead atoms. The van der Waals surface area contributed by atoms with Crippen LogP contribution < -0.4 is 0 Å². The Hall–Kier alpha value is 0.387. The van der Waals surface area contributed by atoms with Gasteiger partial charge in [-0.05, 0) is 26.7 Å². The van der Waals surface area contributed by atoms with E-state index < -0.39 is 8.80 Å². The molecule has 0 amide bonds. The predicted molar refractivity (Wildman–Crippen MR) is 65.3 cm³/mol. The first kappa shape index (κ1) is 15.4. The van der Waals surface area contributed by atoms with Gasteiger partial charge in [0.1, 0.15) is 0 Å². The first-order valence-electron chi connectivity index (χ1n) is 5.61. The average molecular weight is 255 g/mol. The highest BCUT2D eigenvalue weighted by Crippen LogP contribution is 2.22. The van der Waals surface area contributed by atoms with Gasteiger partial charge in [0, 0.05) is 31.7 Å². The Bertz CT molecular complexity index is 141. The first-order valence-corrected chi connectivity index (χ1v) is 8.08. The molecule has 0 radical (unpaired) electrons. The molecule has 0 aliphatic heterocycles. The Morgan fingerprint density at radius 2 is 1.40 bits per heavy atom. The zero-order chi connectivity index (χ0) is 11.7. The molecule has 0 aliphatic rings. The van der Waals surface area contributed by atoms with Gasteiger partial charge in [0.05, 0.1) is 0 Å². The highest BCUT2D eigenvalue weighted by molar-refractivity contribution is 6.60. The van der Waals surface area contributed by atoms with Gasteiger partial charge in [0.2, 0.25) is 0 Å². The van der Waals surface area contributed by atoms with Crippen LogP contribution >= 0.6 is 11.6 Å². The highest BCUT2D eigenvalue weighted by Gasteiger charge is 2.41. The minimum atomic E-state index is -2.46. The zero-order valence-corrected chi connectivity index (χ0v) is 12.0. The Kier molecular flexibility index (Phi) is 8.75. The maximum absolute atomic E-state index is 5.81. The van der Waals surface area contributed by atoms with Gasteiger partial charge in [-0.3, -0.25) is 0 Å². The van der Waals surface area contributed by atoms with Crippen LogP contribution in [0.4, 0.5) is 0 Å². The molecule has 0 rings (SSSR count). The topological polar surface area (TPSA) is 27.7 Å². The lowest BCUT2D eigenvalue weighted by Gasteiger charge is -2.30. The second kappa shape index (κ2) is 8.53. The molecule has 0 saturated carbocycles. The molecule has 0 heterocycles. The summed E-state index contributed by atoms with van der Waals surface area (Å²) in [7, 11) is -2.46. The number of hydrogen-bond acceptors (Lipinski definition) is 3. The third-order valence-corrected chi connectivity index (χ3v) is 5.86. The van der Waals surface area contributed by atoms with Gasteiger partial charge in [-0.1, -0.05) is 6.92 Å². The summed E-state index contributed by atoms with van der Waals surface area (Å²) in [5.74, 6) is 0.977. The first-order chi connectivity index (χ1) is 7.14. The van der Waals surface area contributed by atoms with E-state index in [4.69, 9.17) is 24.9 Å². The van der Waals surface area contributed by atoms with E-state index in [1.54, 1.807) is 0 Å². The fourth-order valence-electron chi connectivity index (χ4n) is 1.44. The van der Waals surface area contributed by atoms with E-state index in [0.717, 1.165) is 6.04 Å². The van der Waals surface area contributed by atoms with E-state index in [1.807, 2.05) is 20.8 Å². The largest absolute Gasteiger partial charge is 0.501 e. The molecule has 0 N–H and O–H groups in total. The summed E-state index contributed by atoms with van der Waals surface area (Å²) in [4.78, 5) is 0. The molecular weight excluding hydrogens is 232 g/mol. The normalized spacial score (nSPS) is 14.2. The molecule has 0 aromatic rings. The summed E-state index contributed by atoms with van der Waals surface area (Å²) < 4.78 is 17.2. The number of alkyl halides is 1. The van der Waals surface area contributed by atoms with Crippen LogP contribution in [0, 0.1) is 5.92 Å². The van der Waals surface area contributed by atoms with E-state index in [9.17, 15) is 0 Å². The van der Waals surface area contributed by atoms with Gasteiger partial charge in [-0.25, -0.2) is 0 Å². The summed E-state index contributed by atoms with van der Waals surface area (Å²) in [5.41, 5.74) is 0. The van der Waals surface area contributed by atoms with Gasteiger partial charge in [-0.2, -0.15) is 0 Å². The Labute approximate surface area is 99.4 Å². The SMILES string of the molecule is CCO[Si](CC(C)CCl)(OCC)OCC. The molecule has 15 heavy (non-hydrogen) atoms. The van der Waals surface area contributed by atoms with Gasteiger partial charge in [-0.15, -0.1) is 11.6 Å². The molecule has 0 fully saturated rings. The van der Waals surface area contributed by atoms with Crippen molar-refractivity contribution in [1.29, 1.82) is 0 Å². The van der Waals surface area contributed by atoms with Crippen molar-refractivity contribution in [3.05, 3.63) is 0 Å². The fourth-order valence-corrected chi connectivity index (χ4v) is 4.66. The lowest BCUT2D eigenvalue weighted by molar-refractivity contribution is 0.0684. The molecule has 3 nitrogen and oxygen atoms in total. The minimum Gasteiger partial charge on any atom is -0.374 e. The van der Waals surface area contributed by atoms with Crippen molar-refractivity contribution in [3.8, 4) is 0 Å². The standard InChI is InChI=1S/C10H23ClO3Si/c1-5-12-15(13-6-2,14-7-3)9-10(4)8-11/h10H,5-9H2,1-4H3. The second-order valence-corrected chi connectivity index (χ2v) is 6.39. The third-order valence-electron chi connectivity index (χ3n) is 1.95. The lowest BCUT2D eigenvalue weighted by atomic mass is 10.3. The number of rotatable bonds is 9. The van der Waals surface area contributed by atoms with Gasteiger partial charge < -0.3 is 13.3 Å². The number of halogens is 1. The molecule has 5 heteroatoms. The maximum atomic E-state index is 5.81. The summed E-state index contributed by atoms with van der Waals surface area (Å²) in [6.45, 7) is 9.86. The van der Waals surface area contributed by atoms with E-state index in [2.05, 4.69) is 6.92 Å². The Morgan fingerprint density at radius 3 is 1.67 bits per heavy atom. The minimum absolute atomic E-state index is 0.364. The summed E-state index contributed by atoms with van der Waals surface area (Å²) in [5, 5.41) is 0. The molecule has 1 unspecified atom stereocenters. The second-order valence-electron chi connectivity index (χ2n) is 3.45. The monoisotopic (exact) mass is 254 g/mol. The maximum Gasteiger partial charge on any atom is 0.501 e. The predicted octanol–water partition coefficient (Wildman–Crippen LogP) is 2.91. The van der Waals surface area contributed by atoms with Crippen LogP contribution in [0.2, 0.25) is 6.04 Å². The van der Waals surface area contributed by atoms with Crippen LogP contribution in [-0.2, 0) is 13.3 Å². The van der Waals surface area contributed by atoms with Crippen LogP contribution in [0.25, 0.3) is 0 Å². The van der Waals surface area contributed by atoms with Crippen LogP contribution in [-0.4, -0.2) is 34.5 Å².